The molecular formula is C19H21F2N5O3S. The van der Waals surface area contributed by atoms with Gasteiger partial charge in [-0.05, 0) is 43.7 Å². The summed E-state index contributed by atoms with van der Waals surface area (Å²) in [7, 11) is 0. The van der Waals surface area contributed by atoms with Gasteiger partial charge < -0.3 is 5.32 Å². The number of fused-ring (bicyclic) bond motifs is 1. The lowest BCUT2D eigenvalue weighted by Gasteiger charge is -2.33. The minimum absolute atomic E-state index is 0.0173. The van der Waals surface area contributed by atoms with Crippen molar-refractivity contribution in [3.05, 3.63) is 24.3 Å². The van der Waals surface area contributed by atoms with Crippen LogP contribution in [0.4, 0.5) is 13.6 Å². The summed E-state index contributed by atoms with van der Waals surface area (Å²) in [5, 5.41) is 3.40. The number of hydrazine groups is 1. The van der Waals surface area contributed by atoms with E-state index in [9.17, 15) is 23.2 Å². The highest BCUT2D eigenvalue weighted by molar-refractivity contribution is 7.99. The average molecular weight is 437 g/mol. The molecule has 0 unspecified atom stereocenters. The number of aromatic nitrogens is 2. The number of imide groups is 1. The largest absolute Gasteiger partial charge is 0.344 e. The second kappa shape index (κ2) is 7.86. The van der Waals surface area contributed by atoms with Gasteiger partial charge in [-0.1, -0.05) is 30.8 Å². The Morgan fingerprint density at radius 3 is 2.73 bits per heavy atom. The molecule has 160 valence electrons. The molecule has 1 aliphatic carbocycles. The second-order valence-electron chi connectivity index (χ2n) is 7.69. The molecule has 0 atom stereocenters. The fraction of sp³-hybridized carbons (Fsp3) is 0.474. The molecule has 0 radical (unpaired) electrons. The Hall–Kier alpha value is -2.69. The van der Waals surface area contributed by atoms with Gasteiger partial charge >= 0.3 is 12.6 Å². The lowest BCUT2D eigenvalue weighted by molar-refractivity contribution is -0.139. The van der Waals surface area contributed by atoms with Gasteiger partial charge in [0.25, 0.3) is 5.91 Å². The van der Waals surface area contributed by atoms with Crippen molar-refractivity contribution in [1.29, 1.82) is 0 Å². The number of urea groups is 1. The Balaban J connectivity index is 1.42. The van der Waals surface area contributed by atoms with Crippen LogP contribution in [0.1, 0.15) is 39.2 Å². The van der Waals surface area contributed by atoms with Gasteiger partial charge in [-0.3, -0.25) is 19.6 Å². The number of halogens is 2. The average Bonchev–Trinajstić information content (AvgIpc) is 3.19. The first-order chi connectivity index (χ1) is 14.3. The zero-order valence-corrected chi connectivity index (χ0v) is 17.0. The van der Waals surface area contributed by atoms with E-state index in [2.05, 4.69) is 22.7 Å². The highest BCUT2D eigenvalue weighted by Crippen LogP contribution is 2.36. The Labute approximate surface area is 175 Å². The summed E-state index contributed by atoms with van der Waals surface area (Å²) < 4.78 is 27.7. The molecule has 30 heavy (non-hydrogen) atoms. The van der Waals surface area contributed by atoms with Crippen molar-refractivity contribution < 1.29 is 23.2 Å². The topological polar surface area (TPSA) is 96.3 Å². The number of alkyl halides is 2. The van der Waals surface area contributed by atoms with Crippen LogP contribution in [0.5, 0.6) is 0 Å². The molecular weight excluding hydrogens is 416 g/mol. The number of thioether (sulfide) groups is 1. The molecule has 1 saturated heterocycles. The van der Waals surface area contributed by atoms with Crippen LogP contribution in [0.25, 0.3) is 11.0 Å². The number of benzene rings is 1. The van der Waals surface area contributed by atoms with Crippen molar-refractivity contribution in [1.82, 2.24) is 25.3 Å². The number of hydrogen-bond acceptors (Lipinski definition) is 5. The van der Waals surface area contributed by atoms with E-state index in [-0.39, 0.29) is 16.4 Å². The van der Waals surface area contributed by atoms with E-state index >= 15 is 0 Å². The number of hydrogen-bond donors (Lipinski definition) is 2. The summed E-state index contributed by atoms with van der Waals surface area (Å²) in [5.41, 5.74) is 1.99. The van der Waals surface area contributed by atoms with Gasteiger partial charge in [-0.2, -0.15) is 13.8 Å². The summed E-state index contributed by atoms with van der Waals surface area (Å²) in [4.78, 5) is 41.5. The normalized spacial score (nSPS) is 24.1. The Morgan fingerprint density at radius 2 is 2.03 bits per heavy atom. The quantitative estimate of drug-likeness (QED) is 0.554. The van der Waals surface area contributed by atoms with Gasteiger partial charge in [0.1, 0.15) is 5.54 Å². The van der Waals surface area contributed by atoms with Crippen molar-refractivity contribution in [3.63, 3.8) is 0 Å². The van der Waals surface area contributed by atoms with Gasteiger partial charge in [0.2, 0.25) is 5.91 Å². The van der Waals surface area contributed by atoms with Crippen LogP contribution in [0.15, 0.2) is 29.4 Å². The van der Waals surface area contributed by atoms with Crippen LogP contribution in [0.2, 0.25) is 0 Å². The number of carbonyl (C=O) groups excluding carboxylic acids is 3. The standard InChI is InChI=1S/C19H21F2N5O3S/c1-11-6-8-19(9-7-11)15(28)26(17(29)23-19)24-14(27)10-30-18-22-12-4-2-3-5-13(12)25(18)16(20)21/h2-5,11,16H,6-10H2,1H3,(H,23,29)(H,24,27). The second-order valence-corrected chi connectivity index (χ2v) is 8.63. The molecule has 1 aromatic heterocycles. The molecule has 2 aliphatic rings. The number of para-hydroxylation sites is 2. The van der Waals surface area contributed by atoms with Crippen molar-refractivity contribution in [2.75, 3.05) is 5.75 Å². The minimum atomic E-state index is -2.82. The first kappa shape index (κ1) is 20.6. The molecule has 1 spiro atoms. The van der Waals surface area contributed by atoms with Crippen molar-refractivity contribution in [2.24, 2.45) is 5.92 Å². The third-order valence-electron chi connectivity index (χ3n) is 5.62. The van der Waals surface area contributed by atoms with Crippen molar-refractivity contribution in [3.8, 4) is 0 Å². The SMILES string of the molecule is CC1CCC2(CC1)NC(=O)N(NC(=O)CSc1nc3ccccc3n1C(F)F)C2=O. The zero-order valence-electron chi connectivity index (χ0n) is 16.2. The minimum Gasteiger partial charge on any atom is -0.322 e. The van der Waals surface area contributed by atoms with Crippen molar-refractivity contribution >= 4 is 40.6 Å². The number of imidazole rings is 1. The summed E-state index contributed by atoms with van der Waals surface area (Å²) >= 11 is 0.813. The monoisotopic (exact) mass is 437 g/mol. The molecule has 11 heteroatoms. The number of carbonyl (C=O) groups is 3. The van der Waals surface area contributed by atoms with Crippen LogP contribution in [0.3, 0.4) is 0 Å². The molecule has 4 rings (SSSR count). The number of amides is 4. The maximum atomic E-state index is 13.5. The van der Waals surface area contributed by atoms with Crippen LogP contribution >= 0.6 is 11.8 Å². The van der Waals surface area contributed by atoms with Gasteiger partial charge in [0.05, 0.1) is 16.8 Å². The molecule has 2 fully saturated rings. The van der Waals surface area contributed by atoms with E-state index in [1.54, 1.807) is 18.2 Å². The molecule has 2 N–H and O–H groups in total. The van der Waals surface area contributed by atoms with Crippen LogP contribution in [-0.4, -0.2) is 43.7 Å². The predicted octanol–water partition coefficient (Wildman–Crippen LogP) is 3.06. The highest BCUT2D eigenvalue weighted by Gasteiger charge is 2.52. The summed E-state index contributed by atoms with van der Waals surface area (Å²) in [6.45, 7) is -0.722. The summed E-state index contributed by atoms with van der Waals surface area (Å²) in [5.74, 6) is -0.929. The third-order valence-corrected chi connectivity index (χ3v) is 6.57. The molecule has 1 saturated carbocycles. The molecule has 1 aromatic carbocycles. The van der Waals surface area contributed by atoms with Crippen LogP contribution < -0.4 is 10.7 Å². The van der Waals surface area contributed by atoms with Crippen LogP contribution in [0, 0.1) is 5.92 Å². The van der Waals surface area contributed by atoms with E-state index in [1.807, 2.05) is 0 Å². The Morgan fingerprint density at radius 1 is 1.33 bits per heavy atom. The highest BCUT2D eigenvalue weighted by atomic mass is 32.2. The number of nitrogens with one attached hydrogen (secondary N) is 2. The molecule has 1 aliphatic heterocycles. The molecule has 4 amide bonds. The van der Waals surface area contributed by atoms with E-state index in [4.69, 9.17) is 0 Å². The summed E-state index contributed by atoms with van der Waals surface area (Å²) in [6.07, 6.45) is 2.68. The third kappa shape index (κ3) is 3.62. The molecule has 8 nitrogen and oxygen atoms in total. The van der Waals surface area contributed by atoms with Crippen molar-refractivity contribution in [2.45, 2.75) is 49.9 Å². The van der Waals surface area contributed by atoms with Gasteiger partial charge in [0, 0.05) is 0 Å². The zero-order chi connectivity index (χ0) is 21.5. The molecule has 0 bridgehead atoms. The number of rotatable bonds is 5. The molecule has 2 heterocycles. The van der Waals surface area contributed by atoms with Gasteiger partial charge in [-0.25, -0.2) is 9.78 Å². The van der Waals surface area contributed by atoms with E-state index in [0.717, 1.165) is 29.2 Å². The number of nitrogens with zero attached hydrogens (tertiary/aromatic N) is 3. The smallest absolute Gasteiger partial charge is 0.322 e. The maximum absolute atomic E-state index is 13.5. The lowest BCUT2D eigenvalue weighted by atomic mass is 9.77. The summed E-state index contributed by atoms with van der Waals surface area (Å²) in [6, 6.07) is 5.77. The fourth-order valence-corrected chi connectivity index (χ4v) is 4.72. The van der Waals surface area contributed by atoms with Crippen LogP contribution in [-0.2, 0) is 9.59 Å². The first-order valence-corrected chi connectivity index (χ1v) is 10.6. The first-order valence-electron chi connectivity index (χ1n) is 9.65. The Bertz CT molecular complexity index is 1000. The van der Waals surface area contributed by atoms with Gasteiger partial charge in [0.15, 0.2) is 5.16 Å². The molecule has 2 aromatic rings. The maximum Gasteiger partial charge on any atom is 0.344 e. The van der Waals surface area contributed by atoms with E-state index < -0.39 is 29.9 Å². The fourth-order valence-electron chi connectivity index (χ4n) is 3.92. The lowest BCUT2D eigenvalue weighted by Crippen LogP contribution is -2.51. The van der Waals surface area contributed by atoms with Gasteiger partial charge in [-0.15, -0.1) is 0 Å². The van der Waals surface area contributed by atoms with E-state index in [1.165, 1.54) is 6.07 Å². The Kier molecular flexibility index (Phi) is 5.39. The van der Waals surface area contributed by atoms with E-state index in [0.29, 0.717) is 29.3 Å². The predicted molar refractivity (Wildman–Crippen MR) is 106 cm³/mol.